The fraction of sp³-hybridized carbons (Fsp3) is 0.857. The Kier molecular flexibility index (Phi) is 8.76. The van der Waals surface area contributed by atoms with Gasteiger partial charge >= 0.3 is 0 Å². The number of allylic oxidation sites excluding steroid dienone is 1. The molecule has 5 heteroatoms. The molecule has 0 spiro atoms. The number of carbonyl (C=O) groups excluding carboxylic acids is 1. The molecule has 0 aromatic carbocycles. The van der Waals surface area contributed by atoms with Crippen LogP contribution in [0, 0.1) is 5.92 Å². The van der Waals surface area contributed by atoms with Crippen LogP contribution >= 0.6 is 0 Å². The van der Waals surface area contributed by atoms with Gasteiger partial charge in [-0.3, -0.25) is 4.79 Å². The second-order valence-corrected chi connectivity index (χ2v) is 20.3. The summed E-state index contributed by atoms with van der Waals surface area (Å²) in [6.45, 7) is 28.9. The Morgan fingerprint density at radius 1 is 0.923 bits per heavy atom. The molecule has 0 rings (SSSR count). The zero-order valence-electron chi connectivity index (χ0n) is 19.7. The van der Waals surface area contributed by atoms with E-state index in [2.05, 4.69) is 80.7 Å². The quantitative estimate of drug-likeness (QED) is 0.341. The average Bonchev–Trinajstić information content (AvgIpc) is 2.40. The van der Waals surface area contributed by atoms with Crippen LogP contribution in [0.5, 0.6) is 0 Å². The van der Waals surface area contributed by atoms with Gasteiger partial charge in [-0.15, -0.1) is 0 Å². The largest absolute Gasteiger partial charge is 0.414 e. The highest BCUT2D eigenvalue weighted by molar-refractivity contribution is 6.74. The van der Waals surface area contributed by atoms with Gasteiger partial charge in [-0.2, -0.15) is 0 Å². The molecule has 3 nitrogen and oxygen atoms in total. The van der Waals surface area contributed by atoms with Crippen LogP contribution in [0.3, 0.4) is 0 Å². The van der Waals surface area contributed by atoms with E-state index in [1.54, 1.807) is 6.92 Å². The molecule has 0 amide bonds. The predicted octanol–water partition coefficient (Wildman–Crippen LogP) is 6.57. The van der Waals surface area contributed by atoms with Crippen LogP contribution in [0.1, 0.15) is 62.3 Å². The standard InChI is InChI=1S/C21H44O3Si2/c1-16(18(3)22)14-17(2)19(24-26(12,13)21(7,8)9)15-23-25(10,11)20(4,5)6/h14,17,19H,15H2,1-13H3/b16-14+/t17-,19+/m1/s1. The lowest BCUT2D eigenvalue weighted by atomic mass is 10.0. The molecule has 0 heterocycles. The molecule has 0 fully saturated rings. The molecule has 0 radical (unpaired) electrons. The number of carbonyl (C=O) groups is 1. The molecule has 154 valence electrons. The van der Waals surface area contributed by atoms with Gasteiger partial charge in [0.1, 0.15) is 0 Å². The molecule has 0 saturated carbocycles. The van der Waals surface area contributed by atoms with Crippen molar-refractivity contribution in [2.45, 2.75) is 105 Å². The van der Waals surface area contributed by atoms with Gasteiger partial charge in [-0.25, -0.2) is 0 Å². The van der Waals surface area contributed by atoms with Gasteiger partial charge in [-0.05, 0) is 55.7 Å². The van der Waals surface area contributed by atoms with Crippen molar-refractivity contribution in [1.82, 2.24) is 0 Å². The molecule has 0 aliphatic carbocycles. The highest BCUT2D eigenvalue weighted by Gasteiger charge is 2.42. The molecule has 0 aliphatic rings. The summed E-state index contributed by atoms with van der Waals surface area (Å²) < 4.78 is 13.2. The smallest absolute Gasteiger partial charge is 0.192 e. The molecule has 0 aromatic rings. The Labute approximate surface area is 165 Å². The van der Waals surface area contributed by atoms with Crippen molar-refractivity contribution in [2.75, 3.05) is 6.61 Å². The van der Waals surface area contributed by atoms with Crippen LogP contribution in [-0.4, -0.2) is 35.1 Å². The lowest BCUT2D eigenvalue weighted by molar-refractivity contribution is -0.113. The van der Waals surface area contributed by atoms with Crippen molar-refractivity contribution in [2.24, 2.45) is 5.92 Å². The summed E-state index contributed by atoms with van der Waals surface area (Å²) >= 11 is 0. The van der Waals surface area contributed by atoms with Crippen LogP contribution < -0.4 is 0 Å². The van der Waals surface area contributed by atoms with Gasteiger partial charge in [0.05, 0.1) is 12.7 Å². The number of hydrogen-bond acceptors (Lipinski definition) is 3. The van der Waals surface area contributed by atoms with Crippen LogP contribution in [0.15, 0.2) is 11.6 Å². The van der Waals surface area contributed by atoms with Gasteiger partial charge in [0.2, 0.25) is 0 Å². The second kappa shape index (κ2) is 8.84. The Hall–Kier alpha value is -0.236. The number of hydrogen-bond donors (Lipinski definition) is 0. The molecular weight excluding hydrogens is 356 g/mol. The Morgan fingerprint density at radius 2 is 1.35 bits per heavy atom. The third-order valence-electron chi connectivity index (χ3n) is 6.32. The molecule has 26 heavy (non-hydrogen) atoms. The molecule has 0 N–H and O–H groups in total. The predicted molar refractivity (Wildman–Crippen MR) is 119 cm³/mol. The van der Waals surface area contributed by atoms with Gasteiger partial charge in [0.25, 0.3) is 0 Å². The summed E-state index contributed by atoms with van der Waals surface area (Å²) in [6.07, 6.45) is 2.02. The molecule has 2 atom stereocenters. The third-order valence-corrected chi connectivity index (χ3v) is 15.3. The van der Waals surface area contributed by atoms with Crippen LogP contribution in [-0.2, 0) is 13.6 Å². The first-order valence-electron chi connectivity index (χ1n) is 9.83. The zero-order chi connectivity index (χ0) is 21.1. The van der Waals surface area contributed by atoms with Crippen LogP contribution in [0.4, 0.5) is 0 Å². The van der Waals surface area contributed by atoms with E-state index in [-0.39, 0.29) is 27.9 Å². The molecule has 0 bridgehead atoms. The second-order valence-electron chi connectivity index (χ2n) is 10.8. The monoisotopic (exact) mass is 400 g/mol. The SMILES string of the molecule is CC(=O)/C(C)=C/[C@@H](C)[C@H](CO[Si](C)(C)C(C)(C)C)O[Si](C)(C)C(C)(C)C. The minimum atomic E-state index is -1.93. The fourth-order valence-electron chi connectivity index (χ4n) is 1.97. The van der Waals surface area contributed by atoms with Gasteiger partial charge in [0.15, 0.2) is 22.4 Å². The first-order chi connectivity index (χ1) is 11.3. The van der Waals surface area contributed by atoms with Crippen molar-refractivity contribution in [3.05, 3.63) is 11.6 Å². The Morgan fingerprint density at radius 3 is 1.69 bits per heavy atom. The Bertz CT molecular complexity index is 508. The van der Waals surface area contributed by atoms with E-state index in [0.717, 1.165) is 5.57 Å². The minimum Gasteiger partial charge on any atom is -0.414 e. The first-order valence-corrected chi connectivity index (χ1v) is 15.6. The Balaban J connectivity index is 5.56. The topological polar surface area (TPSA) is 35.5 Å². The van der Waals surface area contributed by atoms with Crippen molar-refractivity contribution < 1.29 is 13.6 Å². The van der Waals surface area contributed by atoms with E-state index in [9.17, 15) is 4.79 Å². The normalized spacial score (nSPS) is 17.2. The lowest BCUT2D eigenvalue weighted by Gasteiger charge is -2.42. The molecule has 0 aromatic heterocycles. The van der Waals surface area contributed by atoms with E-state index in [1.165, 1.54) is 0 Å². The van der Waals surface area contributed by atoms with Gasteiger partial charge in [-0.1, -0.05) is 54.5 Å². The maximum atomic E-state index is 11.7. The minimum absolute atomic E-state index is 0.0284. The first kappa shape index (κ1) is 25.8. The van der Waals surface area contributed by atoms with Gasteiger partial charge in [0, 0.05) is 5.92 Å². The van der Waals surface area contributed by atoms with Crippen LogP contribution in [0.25, 0.3) is 0 Å². The van der Waals surface area contributed by atoms with Crippen molar-refractivity contribution in [3.63, 3.8) is 0 Å². The maximum Gasteiger partial charge on any atom is 0.192 e. The van der Waals surface area contributed by atoms with E-state index < -0.39 is 16.6 Å². The van der Waals surface area contributed by atoms with Gasteiger partial charge < -0.3 is 8.85 Å². The molecule has 0 saturated heterocycles. The summed E-state index contributed by atoms with van der Waals surface area (Å²) in [7, 11) is -3.78. The van der Waals surface area contributed by atoms with Crippen molar-refractivity contribution >= 4 is 22.4 Å². The summed E-state index contributed by atoms with van der Waals surface area (Å²) in [6, 6.07) is 0. The zero-order valence-corrected chi connectivity index (χ0v) is 21.7. The van der Waals surface area contributed by atoms with Crippen LogP contribution in [0.2, 0.25) is 36.3 Å². The number of Topliss-reactive ketones (excluding diaryl/α,β-unsaturated/α-hetero) is 1. The van der Waals surface area contributed by atoms with E-state index in [4.69, 9.17) is 8.85 Å². The number of ketones is 1. The highest BCUT2D eigenvalue weighted by Crippen LogP contribution is 2.40. The number of rotatable bonds is 8. The summed E-state index contributed by atoms with van der Waals surface area (Å²) in [5.41, 5.74) is 0.800. The van der Waals surface area contributed by atoms with E-state index >= 15 is 0 Å². The van der Waals surface area contributed by atoms with E-state index in [0.29, 0.717) is 6.61 Å². The molecule has 0 aliphatic heterocycles. The molecule has 0 unspecified atom stereocenters. The maximum absolute atomic E-state index is 11.7. The summed E-state index contributed by atoms with van der Waals surface area (Å²) in [5.74, 6) is 0.256. The average molecular weight is 401 g/mol. The molecular formula is C21H44O3Si2. The van der Waals surface area contributed by atoms with E-state index in [1.807, 2.05) is 6.92 Å². The highest BCUT2D eigenvalue weighted by atomic mass is 28.4. The van der Waals surface area contributed by atoms with Crippen molar-refractivity contribution in [3.8, 4) is 0 Å². The summed E-state index contributed by atoms with van der Waals surface area (Å²) in [4.78, 5) is 11.7. The third kappa shape index (κ3) is 7.41. The summed E-state index contributed by atoms with van der Waals surface area (Å²) in [5, 5.41) is 0.310. The van der Waals surface area contributed by atoms with Crippen molar-refractivity contribution in [1.29, 1.82) is 0 Å². The fourth-order valence-corrected chi connectivity index (χ4v) is 4.38. The lowest BCUT2D eigenvalue weighted by Crippen LogP contribution is -2.49.